The number of sulfonamides is 1. The van der Waals surface area contributed by atoms with E-state index in [1.165, 1.54) is 12.8 Å². The van der Waals surface area contributed by atoms with Crippen LogP contribution < -0.4 is 10.5 Å². The zero-order valence-corrected chi connectivity index (χ0v) is 12.4. The highest BCUT2D eigenvalue weighted by Crippen LogP contribution is 2.20. The predicted molar refractivity (Wildman–Crippen MR) is 79.7 cm³/mol. The summed E-state index contributed by atoms with van der Waals surface area (Å²) in [6.07, 6.45) is 4.94. The quantitative estimate of drug-likeness (QED) is 0.592. The van der Waals surface area contributed by atoms with Gasteiger partial charge in [-0.2, -0.15) is 0 Å². The zero-order valence-electron chi connectivity index (χ0n) is 11.5. The van der Waals surface area contributed by atoms with Crippen molar-refractivity contribution in [3.8, 4) is 0 Å². The van der Waals surface area contributed by atoms with Gasteiger partial charge in [-0.1, -0.05) is 25.0 Å². The van der Waals surface area contributed by atoms with Crippen molar-refractivity contribution in [2.45, 2.75) is 37.5 Å². The van der Waals surface area contributed by atoms with E-state index in [1.807, 2.05) is 0 Å². The van der Waals surface area contributed by atoms with Crippen molar-refractivity contribution in [1.29, 1.82) is 0 Å². The Balaban J connectivity index is 1.71. The SMILES string of the molecule is Nc1ccc(CS(=O)(=O)NCCOC2CCCC2)cc1. The van der Waals surface area contributed by atoms with Crippen molar-refractivity contribution >= 4 is 15.7 Å². The molecule has 6 heteroatoms. The summed E-state index contributed by atoms with van der Waals surface area (Å²) in [6.45, 7) is 0.763. The summed E-state index contributed by atoms with van der Waals surface area (Å²) in [6, 6.07) is 6.86. The van der Waals surface area contributed by atoms with Crippen LogP contribution in [-0.2, 0) is 20.5 Å². The fraction of sp³-hybridized carbons (Fsp3) is 0.571. The van der Waals surface area contributed by atoms with E-state index in [9.17, 15) is 8.42 Å². The van der Waals surface area contributed by atoms with Gasteiger partial charge >= 0.3 is 0 Å². The molecule has 1 aromatic rings. The average molecular weight is 298 g/mol. The molecule has 2 rings (SSSR count). The highest BCUT2D eigenvalue weighted by atomic mass is 32.2. The lowest BCUT2D eigenvalue weighted by Crippen LogP contribution is -2.29. The Hall–Kier alpha value is -1.11. The maximum absolute atomic E-state index is 11.9. The summed E-state index contributed by atoms with van der Waals surface area (Å²) in [4.78, 5) is 0. The molecule has 0 radical (unpaired) electrons. The molecule has 3 N–H and O–H groups in total. The summed E-state index contributed by atoms with van der Waals surface area (Å²) in [5.74, 6) is -0.0310. The minimum Gasteiger partial charge on any atom is -0.399 e. The van der Waals surface area contributed by atoms with Gasteiger partial charge in [0.1, 0.15) is 0 Å². The average Bonchev–Trinajstić information content (AvgIpc) is 2.90. The van der Waals surface area contributed by atoms with Gasteiger partial charge in [0.05, 0.1) is 18.5 Å². The molecule has 0 saturated heterocycles. The summed E-state index contributed by atoms with van der Waals surface area (Å²) >= 11 is 0. The van der Waals surface area contributed by atoms with Crippen LogP contribution in [0, 0.1) is 0 Å². The molecule has 5 nitrogen and oxygen atoms in total. The summed E-state index contributed by atoms with van der Waals surface area (Å²) in [7, 11) is -3.31. The Bertz CT molecular complexity index is 508. The van der Waals surface area contributed by atoms with E-state index in [2.05, 4.69) is 4.72 Å². The zero-order chi connectivity index (χ0) is 14.4. The molecule has 0 spiro atoms. The van der Waals surface area contributed by atoms with Crippen LogP contribution in [0.3, 0.4) is 0 Å². The number of benzene rings is 1. The lowest BCUT2D eigenvalue weighted by molar-refractivity contribution is 0.0626. The van der Waals surface area contributed by atoms with Gasteiger partial charge in [0.25, 0.3) is 0 Å². The number of nitrogens with two attached hydrogens (primary N) is 1. The Morgan fingerprint density at radius 1 is 1.20 bits per heavy atom. The Morgan fingerprint density at radius 3 is 2.50 bits per heavy atom. The number of rotatable bonds is 7. The van der Waals surface area contributed by atoms with Crippen molar-refractivity contribution in [2.75, 3.05) is 18.9 Å². The largest absolute Gasteiger partial charge is 0.399 e. The van der Waals surface area contributed by atoms with Crippen LogP contribution >= 0.6 is 0 Å². The van der Waals surface area contributed by atoms with Gasteiger partial charge in [-0.25, -0.2) is 13.1 Å². The van der Waals surface area contributed by atoms with Gasteiger partial charge in [-0.15, -0.1) is 0 Å². The number of hydrogen-bond acceptors (Lipinski definition) is 4. The van der Waals surface area contributed by atoms with Gasteiger partial charge < -0.3 is 10.5 Å². The molecule has 1 aromatic carbocycles. The number of ether oxygens (including phenoxy) is 1. The maximum atomic E-state index is 11.9. The smallest absolute Gasteiger partial charge is 0.215 e. The first kappa shape index (κ1) is 15.3. The molecular formula is C14H22N2O3S. The van der Waals surface area contributed by atoms with Crippen LogP contribution in [0.5, 0.6) is 0 Å². The van der Waals surface area contributed by atoms with E-state index in [-0.39, 0.29) is 5.75 Å². The van der Waals surface area contributed by atoms with Crippen LogP contribution in [0.4, 0.5) is 5.69 Å². The van der Waals surface area contributed by atoms with Crippen molar-refractivity contribution in [1.82, 2.24) is 4.72 Å². The van der Waals surface area contributed by atoms with Gasteiger partial charge in [-0.3, -0.25) is 0 Å². The fourth-order valence-electron chi connectivity index (χ4n) is 2.36. The van der Waals surface area contributed by atoms with Gasteiger partial charge in [-0.05, 0) is 30.5 Å². The van der Waals surface area contributed by atoms with Crippen molar-refractivity contribution < 1.29 is 13.2 Å². The Labute approximate surface area is 120 Å². The molecule has 0 heterocycles. The highest BCUT2D eigenvalue weighted by Gasteiger charge is 2.16. The maximum Gasteiger partial charge on any atom is 0.215 e. The van der Waals surface area contributed by atoms with E-state index >= 15 is 0 Å². The molecule has 1 aliphatic rings. The summed E-state index contributed by atoms with van der Waals surface area (Å²) < 4.78 is 31.9. The molecule has 0 aromatic heterocycles. The first-order valence-electron chi connectivity index (χ1n) is 6.98. The van der Waals surface area contributed by atoms with Crippen LogP contribution in [-0.4, -0.2) is 27.7 Å². The summed E-state index contributed by atoms with van der Waals surface area (Å²) in [5, 5.41) is 0. The van der Waals surface area contributed by atoms with Gasteiger partial charge in [0.15, 0.2) is 0 Å². The lowest BCUT2D eigenvalue weighted by Gasteiger charge is -2.11. The molecular weight excluding hydrogens is 276 g/mol. The van der Waals surface area contributed by atoms with E-state index in [0.29, 0.717) is 24.9 Å². The van der Waals surface area contributed by atoms with E-state index < -0.39 is 10.0 Å². The molecule has 1 fully saturated rings. The second-order valence-electron chi connectivity index (χ2n) is 5.17. The summed E-state index contributed by atoms with van der Waals surface area (Å²) in [5.41, 5.74) is 6.92. The molecule has 1 aliphatic carbocycles. The van der Waals surface area contributed by atoms with E-state index in [4.69, 9.17) is 10.5 Å². The minimum absolute atomic E-state index is 0.0310. The molecule has 20 heavy (non-hydrogen) atoms. The van der Waals surface area contributed by atoms with Gasteiger partial charge in [0.2, 0.25) is 10.0 Å². The minimum atomic E-state index is -3.31. The molecule has 0 aliphatic heterocycles. The monoisotopic (exact) mass is 298 g/mol. The molecule has 0 amide bonds. The van der Waals surface area contributed by atoms with Crippen LogP contribution in [0.25, 0.3) is 0 Å². The van der Waals surface area contributed by atoms with Gasteiger partial charge in [0, 0.05) is 12.2 Å². The third-order valence-electron chi connectivity index (χ3n) is 3.42. The van der Waals surface area contributed by atoms with Crippen molar-refractivity contribution in [3.05, 3.63) is 29.8 Å². The second kappa shape index (κ2) is 7.06. The van der Waals surface area contributed by atoms with E-state index in [1.54, 1.807) is 24.3 Å². The number of nitrogen functional groups attached to an aromatic ring is 1. The number of hydrogen-bond donors (Lipinski definition) is 2. The Morgan fingerprint density at radius 2 is 1.85 bits per heavy atom. The topological polar surface area (TPSA) is 81.4 Å². The van der Waals surface area contributed by atoms with Crippen molar-refractivity contribution in [2.24, 2.45) is 0 Å². The third kappa shape index (κ3) is 5.11. The molecule has 0 bridgehead atoms. The van der Waals surface area contributed by atoms with Crippen LogP contribution in [0.1, 0.15) is 31.2 Å². The molecule has 0 unspecified atom stereocenters. The number of nitrogens with one attached hydrogen (secondary N) is 1. The van der Waals surface area contributed by atoms with E-state index in [0.717, 1.165) is 18.4 Å². The molecule has 1 saturated carbocycles. The lowest BCUT2D eigenvalue weighted by atomic mass is 10.2. The standard InChI is InChI=1S/C14H22N2O3S/c15-13-7-5-12(6-8-13)11-20(17,18)16-9-10-19-14-3-1-2-4-14/h5-8,14,16H,1-4,9-11,15H2. The Kier molecular flexibility index (Phi) is 5.39. The predicted octanol–water partition coefficient (Wildman–Crippen LogP) is 1.65. The first-order valence-corrected chi connectivity index (χ1v) is 8.64. The normalized spacial score (nSPS) is 16.6. The van der Waals surface area contributed by atoms with Crippen molar-refractivity contribution in [3.63, 3.8) is 0 Å². The van der Waals surface area contributed by atoms with Crippen LogP contribution in [0.2, 0.25) is 0 Å². The molecule has 0 atom stereocenters. The third-order valence-corrected chi connectivity index (χ3v) is 4.77. The van der Waals surface area contributed by atoms with Crippen LogP contribution in [0.15, 0.2) is 24.3 Å². The first-order chi connectivity index (χ1) is 9.55. The molecule has 112 valence electrons. The fourth-order valence-corrected chi connectivity index (χ4v) is 3.49. The second-order valence-corrected chi connectivity index (χ2v) is 6.98. The number of anilines is 1. The highest BCUT2D eigenvalue weighted by molar-refractivity contribution is 7.88.